The van der Waals surface area contributed by atoms with Crippen molar-refractivity contribution in [2.75, 3.05) is 26.3 Å². The summed E-state index contributed by atoms with van der Waals surface area (Å²) in [7, 11) is 0. The van der Waals surface area contributed by atoms with Crippen molar-refractivity contribution in [2.45, 2.75) is 25.0 Å². The van der Waals surface area contributed by atoms with E-state index in [1.54, 1.807) is 12.1 Å². The molecule has 24 heavy (non-hydrogen) atoms. The van der Waals surface area contributed by atoms with Crippen molar-refractivity contribution in [3.05, 3.63) is 30.3 Å². The molecule has 1 aromatic rings. The van der Waals surface area contributed by atoms with Gasteiger partial charge in [-0.1, -0.05) is 18.2 Å². The summed E-state index contributed by atoms with van der Waals surface area (Å²) in [6.45, 7) is 0.744. The Bertz CT molecular complexity index is 598. The van der Waals surface area contributed by atoms with Crippen LogP contribution in [0.1, 0.15) is 12.8 Å². The molecular weight excluding hydrogens is 314 g/mol. The molecule has 130 valence electrons. The fraction of sp³-hybridized carbons (Fsp3) is 0.529. The molecule has 2 N–H and O–H groups in total. The van der Waals surface area contributed by atoms with Gasteiger partial charge in [0.2, 0.25) is 5.91 Å². The molecule has 0 aromatic heterocycles. The van der Waals surface area contributed by atoms with Crippen LogP contribution >= 0.6 is 0 Å². The Kier molecular flexibility index (Phi) is 4.73. The average Bonchev–Trinajstić information content (AvgIpc) is 2.96. The quantitative estimate of drug-likeness (QED) is 0.779. The first-order valence-corrected chi connectivity index (χ1v) is 8.03. The molecule has 0 radical (unpaired) electrons. The third-order valence-electron chi connectivity index (χ3n) is 4.72. The van der Waals surface area contributed by atoms with Crippen LogP contribution in [0.3, 0.4) is 0 Å². The molecule has 2 fully saturated rings. The number of carbonyl (C=O) groups excluding carboxylic acids is 1. The normalized spacial score (nSPS) is 26.1. The van der Waals surface area contributed by atoms with Crippen LogP contribution in [-0.2, 0) is 14.3 Å². The van der Waals surface area contributed by atoms with Crippen molar-refractivity contribution < 1.29 is 29.3 Å². The second-order valence-electron chi connectivity index (χ2n) is 6.25. The smallest absolute Gasteiger partial charge is 0.319 e. The molecule has 0 unspecified atom stereocenters. The van der Waals surface area contributed by atoms with Crippen LogP contribution in [0.5, 0.6) is 5.75 Å². The van der Waals surface area contributed by atoms with Gasteiger partial charge in [0.25, 0.3) is 0 Å². The Morgan fingerprint density at radius 3 is 2.46 bits per heavy atom. The number of nitrogens with zero attached hydrogens (tertiary/aromatic N) is 1. The maximum Gasteiger partial charge on any atom is 0.319 e. The largest absolute Gasteiger partial charge is 0.486 e. The van der Waals surface area contributed by atoms with Crippen LogP contribution in [0.15, 0.2) is 30.3 Å². The second kappa shape index (κ2) is 6.78. The number of carboxylic acids is 1. The SMILES string of the molecule is O=C(O)C1(C(=O)N2C[C@@H](O)[C@H](Oc3ccccc3)C2)CCOCC1. The molecule has 0 spiro atoms. The number of aliphatic hydroxyl groups excluding tert-OH is 1. The molecule has 7 nitrogen and oxygen atoms in total. The van der Waals surface area contributed by atoms with Gasteiger partial charge >= 0.3 is 5.97 Å². The van der Waals surface area contributed by atoms with Crippen molar-refractivity contribution in [3.8, 4) is 5.75 Å². The zero-order valence-electron chi connectivity index (χ0n) is 13.3. The van der Waals surface area contributed by atoms with E-state index in [0.717, 1.165) is 0 Å². The van der Waals surface area contributed by atoms with E-state index in [0.29, 0.717) is 5.75 Å². The predicted molar refractivity (Wildman–Crippen MR) is 83.6 cm³/mol. The first-order chi connectivity index (χ1) is 11.5. The number of rotatable bonds is 4. The van der Waals surface area contributed by atoms with Gasteiger partial charge in [0.05, 0.1) is 13.1 Å². The zero-order valence-corrected chi connectivity index (χ0v) is 13.3. The minimum absolute atomic E-state index is 0.0756. The third kappa shape index (κ3) is 3.09. The van der Waals surface area contributed by atoms with Gasteiger partial charge in [0.15, 0.2) is 5.41 Å². The lowest BCUT2D eigenvalue weighted by Gasteiger charge is -2.34. The molecule has 0 saturated carbocycles. The number of ether oxygens (including phenoxy) is 2. The Morgan fingerprint density at radius 1 is 1.17 bits per heavy atom. The minimum Gasteiger partial charge on any atom is -0.486 e. The molecule has 0 aliphatic carbocycles. The fourth-order valence-electron chi connectivity index (χ4n) is 3.25. The Labute approximate surface area is 139 Å². The van der Waals surface area contributed by atoms with E-state index in [1.165, 1.54) is 4.90 Å². The number of para-hydroxylation sites is 1. The molecule has 1 aromatic carbocycles. The van der Waals surface area contributed by atoms with Crippen LogP contribution in [0.25, 0.3) is 0 Å². The standard InChI is InChI=1S/C17H21NO6/c19-13-10-18(11-14(13)24-12-4-2-1-3-5-12)15(20)17(16(21)22)6-8-23-9-7-17/h1-5,13-14,19H,6-11H2,(H,21,22)/t13-,14-/m1/s1. The molecule has 2 saturated heterocycles. The number of hydrogen-bond donors (Lipinski definition) is 2. The van der Waals surface area contributed by atoms with Gasteiger partial charge < -0.3 is 24.6 Å². The number of aliphatic hydroxyl groups is 1. The summed E-state index contributed by atoms with van der Waals surface area (Å²) in [5.41, 5.74) is -1.46. The zero-order chi connectivity index (χ0) is 17.2. The molecule has 1 amide bonds. The first kappa shape index (κ1) is 16.7. The molecule has 2 heterocycles. The molecule has 2 aliphatic rings. The summed E-state index contributed by atoms with van der Waals surface area (Å²) in [5, 5.41) is 19.8. The van der Waals surface area contributed by atoms with E-state index in [9.17, 15) is 19.8 Å². The number of carbonyl (C=O) groups is 2. The van der Waals surface area contributed by atoms with Crippen LogP contribution in [0.4, 0.5) is 0 Å². The minimum atomic E-state index is -1.46. The van der Waals surface area contributed by atoms with E-state index in [4.69, 9.17) is 9.47 Å². The lowest BCUT2D eigenvalue weighted by Crippen LogP contribution is -2.51. The van der Waals surface area contributed by atoms with Crippen LogP contribution < -0.4 is 4.74 Å². The Hall–Kier alpha value is -2.12. The molecule has 0 bridgehead atoms. The highest BCUT2D eigenvalue weighted by Gasteiger charge is 2.51. The molecule has 2 aliphatic heterocycles. The van der Waals surface area contributed by atoms with Gasteiger partial charge in [-0.3, -0.25) is 9.59 Å². The second-order valence-corrected chi connectivity index (χ2v) is 6.25. The van der Waals surface area contributed by atoms with E-state index in [1.807, 2.05) is 18.2 Å². The summed E-state index contributed by atoms with van der Waals surface area (Å²) in [6, 6.07) is 9.04. The molecule has 7 heteroatoms. The van der Waals surface area contributed by atoms with Crippen molar-refractivity contribution in [1.82, 2.24) is 4.90 Å². The van der Waals surface area contributed by atoms with E-state index in [2.05, 4.69) is 0 Å². The number of β-amino-alcohol motifs (C(OH)–C–C–N with tert-alkyl or cyclic N) is 1. The molecule has 3 rings (SSSR count). The van der Waals surface area contributed by atoms with Gasteiger partial charge in [-0.05, 0) is 25.0 Å². The lowest BCUT2D eigenvalue weighted by molar-refractivity contribution is -0.167. The summed E-state index contributed by atoms with van der Waals surface area (Å²) in [6.07, 6.45) is -1.11. The van der Waals surface area contributed by atoms with Crippen molar-refractivity contribution >= 4 is 11.9 Å². The van der Waals surface area contributed by atoms with Crippen LogP contribution in [-0.4, -0.2) is 65.5 Å². The van der Waals surface area contributed by atoms with E-state index < -0.39 is 29.5 Å². The Balaban J connectivity index is 1.71. The monoisotopic (exact) mass is 335 g/mol. The number of aliphatic carboxylic acids is 1. The number of amides is 1. The fourth-order valence-corrected chi connectivity index (χ4v) is 3.25. The van der Waals surface area contributed by atoms with Gasteiger partial charge in [0.1, 0.15) is 18.0 Å². The Morgan fingerprint density at radius 2 is 1.83 bits per heavy atom. The highest BCUT2D eigenvalue weighted by molar-refractivity contribution is 6.02. The van der Waals surface area contributed by atoms with Gasteiger partial charge in [-0.15, -0.1) is 0 Å². The number of benzene rings is 1. The number of hydrogen-bond acceptors (Lipinski definition) is 5. The predicted octanol–water partition coefficient (Wildman–Crippen LogP) is 0.518. The topological polar surface area (TPSA) is 96.3 Å². The van der Waals surface area contributed by atoms with Crippen LogP contribution in [0, 0.1) is 5.41 Å². The number of likely N-dealkylation sites (tertiary alicyclic amines) is 1. The molecular formula is C17H21NO6. The number of carboxylic acid groups (broad SMARTS) is 1. The summed E-state index contributed by atoms with van der Waals surface area (Å²) < 4.78 is 10.9. The highest BCUT2D eigenvalue weighted by Crippen LogP contribution is 2.34. The summed E-state index contributed by atoms with van der Waals surface area (Å²) in [4.78, 5) is 26.0. The van der Waals surface area contributed by atoms with E-state index >= 15 is 0 Å². The summed E-state index contributed by atoms with van der Waals surface area (Å²) in [5.74, 6) is -0.982. The lowest BCUT2D eigenvalue weighted by atomic mass is 9.79. The van der Waals surface area contributed by atoms with E-state index in [-0.39, 0.29) is 39.1 Å². The van der Waals surface area contributed by atoms with Gasteiger partial charge in [0, 0.05) is 13.2 Å². The average molecular weight is 335 g/mol. The van der Waals surface area contributed by atoms with Crippen molar-refractivity contribution in [1.29, 1.82) is 0 Å². The van der Waals surface area contributed by atoms with Crippen molar-refractivity contribution in [3.63, 3.8) is 0 Å². The van der Waals surface area contributed by atoms with Gasteiger partial charge in [-0.2, -0.15) is 0 Å². The van der Waals surface area contributed by atoms with Crippen LogP contribution in [0.2, 0.25) is 0 Å². The maximum atomic E-state index is 12.8. The van der Waals surface area contributed by atoms with Crippen molar-refractivity contribution in [2.24, 2.45) is 5.41 Å². The van der Waals surface area contributed by atoms with Gasteiger partial charge in [-0.25, -0.2) is 0 Å². The highest BCUT2D eigenvalue weighted by atomic mass is 16.5. The maximum absolute atomic E-state index is 12.8. The summed E-state index contributed by atoms with van der Waals surface area (Å²) >= 11 is 0. The first-order valence-electron chi connectivity index (χ1n) is 8.03. The third-order valence-corrected chi connectivity index (χ3v) is 4.72. The molecule has 2 atom stereocenters.